The Kier molecular flexibility index (Phi) is 7.69. The molecule has 0 unspecified atom stereocenters. The fraction of sp³-hybridized carbons (Fsp3) is 0. The summed E-state index contributed by atoms with van der Waals surface area (Å²) < 4.78 is 11.7. The van der Waals surface area contributed by atoms with Crippen molar-refractivity contribution < 1.29 is 4.42 Å². The molecule has 0 amide bonds. The Morgan fingerprint density at radius 2 is 0.866 bits per heavy atom. The van der Waals surface area contributed by atoms with Crippen LogP contribution in [0.15, 0.2) is 229 Å². The molecule has 0 spiro atoms. The topological polar surface area (TPSA) is 18.1 Å². The number of hydrogen-bond donors (Lipinski definition) is 0. The van der Waals surface area contributed by atoms with Crippen LogP contribution in [0.1, 0.15) is 0 Å². The molecule has 15 rings (SSSR count). The summed E-state index contributed by atoms with van der Waals surface area (Å²) >= 11 is 1.90. The van der Waals surface area contributed by atoms with Crippen molar-refractivity contribution in [1.29, 1.82) is 0 Å². The van der Waals surface area contributed by atoms with Gasteiger partial charge in [-0.2, -0.15) is 0 Å². The molecule has 0 N–H and O–H groups in total. The van der Waals surface area contributed by atoms with Crippen LogP contribution in [-0.4, -0.2) is 4.57 Å². The average molecular weight is 868 g/mol. The molecule has 0 saturated carbocycles. The molecule has 3 aromatic heterocycles. The van der Waals surface area contributed by atoms with E-state index in [2.05, 4.69) is 229 Å². The van der Waals surface area contributed by atoms with Crippen LogP contribution in [0.4, 0.5) is 0 Å². The molecule has 0 saturated heterocycles. The van der Waals surface area contributed by atoms with Crippen LogP contribution in [-0.2, 0) is 0 Å². The highest BCUT2D eigenvalue weighted by Crippen LogP contribution is 2.46. The first kappa shape index (κ1) is 36.8. The van der Waals surface area contributed by atoms with Gasteiger partial charge >= 0.3 is 0 Å². The van der Waals surface area contributed by atoms with Gasteiger partial charge in [0.2, 0.25) is 0 Å². The smallest absolute Gasteiger partial charge is 0.135 e. The van der Waals surface area contributed by atoms with Gasteiger partial charge < -0.3 is 8.98 Å². The highest BCUT2D eigenvalue weighted by atomic mass is 32.1. The number of benzene rings is 12. The third-order valence-electron chi connectivity index (χ3n) is 14.3. The number of aromatic nitrogens is 1. The van der Waals surface area contributed by atoms with Gasteiger partial charge in [0.1, 0.15) is 11.2 Å². The Morgan fingerprint density at radius 3 is 1.61 bits per heavy atom. The molecule has 0 aliphatic carbocycles. The summed E-state index contributed by atoms with van der Waals surface area (Å²) in [6.07, 6.45) is 0. The minimum absolute atomic E-state index is 0.889. The first-order valence-corrected chi connectivity index (χ1v) is 23.8. The summed E-state index contributed by atoms with van der Waals surface area (Å²) in [7, 11) is 0. The Morgan fingerprint density at radius 1 is 0.299 bits per heavy atom. The van der Waals surface area contributed by atoms with E-state index in [9.17, 15) is 0 Å². The molecule has 0 aliphatic rings. The summed E-state index contributed by atoms with van der Waals surface area (Å²) in [5.74, 6) is 0. The second-order valence-electron chi connectivity index (χ2n) is 18.0. The molecule has 0 fully saturated rings. The van der Waals surface area contributed by atoms with E-state index in [-0.39, 0.29) is 0 Å². The number of furan rings is 1. The molecule has 0 bridgehead atoms. The van der Waals surface area contributed by atoms with Crippen molar-refractivity contribution >= 4 is 118 Å². The fourth-order valence-corrected chi connectivity index (χ4v) is 12.5. The molecular formula is C64H37NOS. The monoisotopic (exact) mass is 867 g/mol. The summed E-state index contributed by atoms with van der Waals surface area (Å²) in [6, 6.07) is 82.7. The maximum Gasteiger partial charge on any atom is 0.135 e. The van der Waals surface area contributed by atoms with E-state index in [4.69, 9.17) is 4.42 Å². The maximum atomic E-state index is 6.55. The minimum atomic E-state index is 0.889. The molecule has 3 heteroatoms. The summed E-state index contributed by atoms with van der Waals surface area (Å²) in [5.41, 5.74) is 12.6. The number of fused-ring (bicyclic) bond motifs is 14. The third-order valence-corrected chi connectivity index (χ3v) is 15.5. The number of rotatable bonds is 4. The first-order chi connectivity index (χ1) is 33.2. The number of para-hydroxylation sites is 1. The van der Waals surface area contributed by atoms with E-state index in [0.29, 0.717) is 0 Å². The zero-order valence-corrected chi connectivity index (χ0v) is 36.9. The lowest BCUT2D eigenvalue weighted by Crippen LogP contribution is -1.94. The van der Waals surface area contributed by atoms with Gasteiger partial charge in [-0.15, -0.1) is 11.3 Å². The zero-order chi connectivity index (χ0) is 43.7. The zero-order valence-electron chi connectivity index (χ0n) is 36.1. The maximum absolute atomic E-state index is 6.55. The Balaban J connectivity index is 0.869. The van der Waals surface area contributed by atoms with Gasteiger partial charge in [-0.1, -0.05) is 152 Å². The van der Waals surface area contributed by atoms with Crippen molar-refractivity contribution in [1.82, 2.24) is 4.57 Å². The van der Waals surface area contributed by atoms with E-state index in [1.807, 2.05) is 11.3 Å². The lowest BCUT2D eigenvalue weighted by molar-refractivity contribution is 0.669. The highest BCUT2D eigenvalue weighted by Gasteiger charge is 2.19. The van der Waals surface area contributed by atoms with Gasteiger partial charge in [0, 0.05) is 52.8 Å². The molecular weight excluding hydrogens is 831 g/mol. The van der Waals surface area contributed by atoms with E-state index in [0.717, 1.165) is 33.2 Å². The molecule has 0 aliphatic heterocycles. The SMILES string of the molecule is c1ccc(-c2c3ccccc3c(-c3ccc4oc5ccc(-c6ccc7c(c6)c6ccccc6n7-c6ccc7cc8ccc9c%10ccccc%10sc9c8cc7c6)cc5c4c3)c3ccccc23)cc1. The predicted octanol–water partition coefficient (Wildman–Crippen LogP) is 18.7. The molecule has 12 aromatic carbocycles. The molecule has 15 aromatic rings. The third kappa shape index (κ3) is 5.44. The van der Waals surface area contributed by atoms with Crippen LogP contribution in [0.2, 0.25) is 0 Å². The van der Waals surface area contributed by atoms with E-state index < -0.39 is 0 Å². The first-order valence-electron chi connectivity index (χ1n) is 23.0. The predicted molar refractivity (Wildman–Crippen MR) is 287 cm³/mol. The van der Waals surface area contributed by atoms with Crippen LogP contribution in [0.5, 0.6) is 0 Å². The van der Waals surface area contributed by atoms with Crippen molar-refractivity contribution in [3.8, 4) is 39.1 Å². The average Bonchev–Trinajstić information content (AvgIpc) is 4.06. The van der Waals surface area contributed by atoms with Crippen LogP contribution < -0.4 is 0 Å². The summed E-state index contributed by atoms with van der Waals surface area (Å²) in [4.78, 5) is 0. The largest absolute Gasteiger partial charge is 0.456 e. The van der Waals surface area contributed by atoms with Crippen molar-refractivity contribution in [2.24, 2.45) is 0 Å². The van der Waals surface area contributed by atoms with Crippen molar-refractivity contribution in [3.05, 3.63) is 224 Å². The van der Waals surface area contributed by atoms with Crippen molar-refractivity contribution in [2.45, 2.75) is 0 Å². The summed E-state index contributed by atoms with van der Waals surface area (Å²) in [6.45, 7) is 0. The van der Waals surface area contributed by atoms with Crippen LogP contribution in [0.3, 0.4) is 0 Å². The quantitative estimate of drug-likeness (QED) is 0.161. The molecule has 3 heterocycles. The number of thiophene rings is 1. The van der Waals surface area contributed by atoms with E-state index >= 15 is 0 Å². The molecule has 2 nitrogen and oxygen atoms in total. The van der Waals surface area contributed by atoms with Crippen LogP contribution >= 0.6 is 11.3 Å². The molecule has 0 radical (unpaired) electrons. The molecule has 67 heavy (non-hydrogen) atoms. The van der Waals surface area contributed by atoms with Crippen molar-refractivity contribution in [3.63, 3.8) is 0 Å². The Labute approximate surface area is 388 Å². The minimum Gasteiger partial charge on any atom is -0.456 e. The second-order valence-corrected chi connectivity index (χ2v) is 19.0. The van der Waals surface area contributed by atoms with E-state index in [1.54, 1.807) is 0 Å². The normalized spacial score (nSPS) is 12.2. The molecule has 0 atom stereocenters. The van der Waals surface area contributed by atoms with Gasteiger partial charge in [0.15, 0.2) is 0 Å². The number of nitrogens with zero attached hydrogens (tertiary/aromatic N) is 1. The van der Waals surface area contributed by atoms with Gasteiger partial charge in [0.25, 0.3) is 0 Å². The Bertz CT molecular complexity index is 4510. The number of hydrogen-bond acceptors (Lipinski definition) is 2. The summed E-state index contributed by atoms with van der Waals surface area (Å²) in [5, 5.41) is 17.4. The van der Waals surface area contributed by atoms with Crippen molar-refractivity contribution in [2.75, 3.05) is 0 Å². The molecule has 310 valence electrons. The standard InChI is InChI=1S/C64H37NOS/c1-2-12-38(13-3-1)62-48-16-4-6-18-50(48)63(51-19-7-5-17-49(51)62)43-26-31-60-56(36-43)55-35-41(25-30-59(55)66-60)40-24-29-58-54(34-40)46-14-8-10-20-57(46)65(58)45-27-22-39-32-42-23-28-52-47-15-9-11-21-61(47)67-64(52)53(42)37-44(39)33-45/h1-37H. The van der Waals surface area contributed by atoms with E-state index in [1.165, 1.54) is 113 Å². The fourth-order valence-electron chi connectivity index (χ4n) is 11.3. The lowest BCUT2D eigenvalue weighted by atomic mass is 9.86. The second kappa shape index (κ2) is 14.0. The van der Waals surface area contributed by atoms with Gasteiger partial charge in [-0.3, -0.25) is 0 Å². The van der Waals surface area contributed by atoms with Crippen LogP contribution in [0.25, 0.3) is 146 Å². The van der Waals surface area contributed by atoms with Gasteiger partial charge in [-0.25, -0.2) is 0 Å². The van der Waals surface area contributed by atoms with Gasteiger partial charge in [0.05, 0.1) is 11.0 Å². The lowest BCUT2D eigenvalue weighted by Gasteiger charge is -2.17. The highest BCUT2D eigenvalue weighted by molar-refractivity contribution is 7.26. The Hall–Kier alpha value is -8.50. The van der Waals surface area contributed by atoms with Crippen LogP contribution in [0, 0.1) is 0 Å². The van der Waals surface area contributed by atoms with Gasteiger partial charge in [-0.05, 0) is 144 Å².